The van der Waals surface area contributed by atoms with Crippen LogP contribution in [0.2, 0.25) is 0 Å². The molecule has 0 N–H and O–H groups in total. The number of hydrogen-bond acceptors (Lipinski definition) is 7. The third-order valence-corrected chi connectivity index (χ3v) is 3.79. The SMILES string of the molecule is C[N+](C)(C)c1nc(N2CCOCC2)nc(N2CCOCC2)n1. The number of rotatable bonds is 3. The number of morpholine rings is 2. The van der Waals surface area contributed by atoms with Crippen molar-refractivity contribution in [3.63, 3.8) is 0 Å². The van der Waals surface area contributed by atoms with Gasteiger partial charge in [0.1, 0.15) is 0 Å². The van der Waals surface area contributed by atoms with Gasteiger partial charge in [-0.3, -0.25) is 4.48 Å². The van der Waals surface area contributed by atoms with E-state index in [1.165, 1.54) is 0 Å². The van der Waals surface area contributed by atoms with Gasteiger partial charge in [0.15, 0.2) is 0 Å². The van der Waals surface area contributed by atoms with Crippen molar-refractivity contribution in [3.8, 4) is 0 Å². The molecule has 0 spiro atoms. The molecule has 0 amide bonds. The molecule has 2 saturated heterocycles. The van der Waals surface area contributed by atoms with Crippen LogP contribution in [0.1, 0.15) is 0 Å². The zero-order valence-corrected chi connectivity index (χ0v) is 13.7. The van der Waals surface area contributed by atoms with Gasteiger partial charge in [0.25, 0.3) is 0 Å². The Hall–Kier alpha value is -1.51. The summed E-state index contributed by atoms with van der Waals surface area (Å²) in [6.07, 6.45) is 0. The normalized spacial score (nSPS) is 20.3. The van der Waals surface area contributed by atoms with Crippen LogP contribution in [0.4, 0.5) is 17.8 Å². The van der Waals surface area contributed by atoms with E-state index in [1.54, 1.807) is 0 Å². The van der Waals surface area contributed by atoms with Crippen LogP contribution in [0.3, 0.4) is 0 Å². The average molecular weight is 309 g/mol. The van der Waals surface area contributed by atoms with Gasteiger partial charge < -0.3 is 19.3 Å². The van der Waals surface area contributed by atoms with Crippen LogP contribution < -0.4 is 14.3 Å². The fourth-order valence-corrected chi connectivity index (χ4v) is 2.45. The molecule has 0 bridgehead atoms. The molecule has 1 aromatic rings. The first-order chi connectivity index (χ1) is 10.5. The van der Waals surface area contributed by atoms with Gasteiger partial charge in [0, 0.05) is 26.2 Å². The number of anilines is 2. The third-order valence-electron chi connectivity index (χ3n) is 3.79. The van der Waals surface area contributed by atoms with Gasteiger partial charge in [-0.1, -0.05) is 0 Å². The van der Waals surface area contributed by atoms with E-state index in [1.807, 2.05) is 0 Å². The van der Waals surface area contributed by atoms with E-state index in [9.17, 15) is 0 Å². The Labute approximate surface area is 131 Å². The molecule has 8 nitrogen and oxygen atoms in total. The molecule has 8 heteroatoms. The summed E-state index contributed by atoms with van der Waals surface area (Å²) in [4.78, 5) is 18.4. The first-order valence-electron chi connectivity index (χ1n) is 7.77. The standard InChI is InChI=1S/C14H25N6O2/c1-20(2,3)14-16-12(18-4-8-21-9-5-18)15-13(17-14)19-6-10-22-11-7-19/h4-11H2,1-3H3/q+1. The Balaban J connectivity index is 1.93. The molecule has 0 aliphatic carbocycles. The highest BCUT2D eigenvalue weighted by Gasteiger charge is 2.25. The minimum absolute atomic E-state index is 0.567. The lowest BCUT2D eigenvalue weighted by atomic mass is 10.4. The summed E-state index contributed by atoms with van der Waals surface area (Å²) in [5, 5.41) is 0. The molecule has 2 aliphatic rings. The zero-order valence-electron chi connectivity index (χ0n) is 13.7. The topological polar surface area (TPSA) is 63.6 Å². The van der Waals surface area contributed by atoms with Crippen LogP contribution in [0.5, 0.6) is 0 Å². The van der Waals surface area contributed by atoms with E-state index in [4.69, 9.17) is 14.5 Å². The second-order valence-electron chi connectivity index (χ2n) is 6.45. The highest BCUT2D eigenvalue weighted by atomic mass is 16.5. The quantitative estimate of drug-likeness (QED) is 0.713. The molecule has 3 heterocycles. The Morgan fingerprint density at radius 1 is 0.727 bits per heavy atom. The first-order valence-corrected chi connectivity index (χ1v) is 7.77. The summed E-state index contributed by atoms with van der Waals surface area (Å²) in [6, 6.07) is 0. The number of aromatic nitrogens is 3. The molecule has 2 aliphatic heterocycles. The minimum Gasteiger partial charge on any atom is -0.378 e. The van der Waals surface area contributed by atoms with E-state index in [2.05, 4.69) is 40.9 Å². The van der Waals surface area contributed by atoms with Crippen LogP contribution in [-0.4, -0.2) is 88.7 Å². The van der Waals surface area contributed by atoms with E-state index in [0.717, 1.165) is 70.5 Å². The van der Waals surface area contributed by atoms with Crippen LogP contribution >= 0.6 is 0 Å². The average Bonchev–Trinajstić information content (AvgIpc) is 2.55. The van der Waals surface area contributed by atoms with Crippen LogP contribution in [0, 0.1) is 0 Å². The van der Waals surface area contributed by atoms with E-state index in [-0.39, 0.29) is 0 Å². The van der Waals surface area contributed by atoms with Gasteiger partial charge in [-0.2, -0.15) is 4.98 Å². The van der Waals surface area contributed by atoms with Crippen molar-refractivity contribution in [3.05, 3.63) is 0 Å². The largest absolute Gasteiger partial charge is 0.378 e. The Bertz CT molecular complexity index is 470. The highest BCUT2D eigenvalue weighted by Crippen LogP contribution is 2.21. The molecule has 122 valence electrons. The maximum absolute atomic E-state index is 5.42. The summed E-state index contributed by atoms with van der Waals surface area (Å²) in [5.74, 6) is 2.28. The van der Waals surface area contributed by atoms with Gasteiger partial charge in [-0.25, -0.2) is 0 Å². The lowest BCUT2D eigenvalue weighted by Gasteiger charge is -2.31. The summed E-state index contributed by atoms with van der Waals surface area (Å²) in [5.41, 5.74) is 0. The van der Waals surface area contributed by atoms with Crippen molar-refractivity contribution in [1.29, 1.82) is 0 Å². The predicted molar refractivity (Wildman–Crippen MR) is 85.5 cm³/mol. The minimum atomic E-state index is 0.567. The fourth-order valence-electron chi connectivity index (χ4n) is 2.45. The van der Waals surface area contributed by atoms with E-state index < -0.39 is 0 Å². The summed E-state index contributed by atoms with van der Waals surface area (Å²) >= 11 is 0. The van der Waals surface area contributed by atoms with Crippen molar-refractivity contribution < 1.29 is 9.47 Å². The Kier molecular flexibility index (Phi) is 4.42. The lowest BCUT2D eigenvalue weighted by Crippen LogP contribution is -2.42. The second-order valence-corrected chi connectivity index (χ2v) is 6.45. The van der Waals surface area contributed by atoms with Crippen LogP contribution in [0.15, 0.2) is 0 Å². The molecule has 3 rings (SSSR count). The molecule has 0 unspecified atom stereocenters. The van der Waals surface area contributed by atoms with E-state index in [0.29, 0.717) is 4.48 Å². The number of quaternary nitrogens is 1. The number of hydrogen-bond donors (Lipinski definition) is 0. The van der Waals surface area contributed by atoms with Crippen molar-refractivity contribution in [1.82, 2.24) is 19.4 Å². The van der Waals surface area contributed by atoms with Crippen molar-refractivity contribution >= 4 is 17.8 Å². The maximum atomic E-state index is 5.42. The summed E-state index contributed by atoms with van der Waals surface area (Å²) < 4.78 is 11.4. The summed E-state index contributed by atoms with van der Waals surface area (Å²) in [6.45, 7) is 6.17. The molecule has 0 atom stereocenters. The number of ether oxygens (including phenoxy) is 2. The van der Waals surface area contributed by atoms with Crippen molar-refractivity contribution in [2.24, 2.45) is 0 Å². The van der Waals surface area contributed by atoms with Gasteiger partial charge in [-0.05, 0) is 0 Å². The zero-order chi connectivity index (χ0) is 15.6. The van der Waals surface area contributed by atoms with Crippen LogP contribution in [-0.2, 0) is 9.47 Å². The molecule has 0 aromatic carbocycles. The Morgan fingerprint density at radius 2 is 1.14 bits per heavy atom. The van der Waals surface area contributed by atoms with Crippen LogP contribution in [0.25, 0.3) is 0 Å². The van der Waals surface area contributed by atoms with Crippen molar-refractivity contribution in [2.45, 2.75) is 0 Å². The van der Waals surface area contributed by atoms with Gasteiger partial charge in [0.05, 0.1) is 47.6 Å². The first kappa shape index (κ1) is 15.4. The Morgan fingerprint density at radius 3 is 1.50 bits per heavy atom. The lowest BCUT2D eigenvalue weighted by molar-refractivity contribution is 0.121. The van der Waals surface area contributed by atoms with Crippen molar-refractivity contribution in [2.75, 3.05) is 83.5 Å². The molecular weight excluding hydrogens is 284 g/mol. The smallest absolute Gasteiger partial charge is 0.334 e. The third kappa shape index (κ3) is 3.45. The molecular formula is C14H25N6O2+. The monoisotopic (exact) mass is 309 g/mol. The molecule has 22 heavy (non-hydrogen) atoms. The number of nitrogens with zero attached hydrogens (tertiary/aromatic N) is 6. The fraction of sp³-hybridized carbons (Fsp3) is 0.786. The summed E-state index contributed by atoms with van der Waals surface area (Å²) in [7, 11) is 6.21. The van der Waals surface area contributed by atoms with Gasteiger partial charge in [0.2, 0.25) is 11.9 Å². The highest BCUT2D eigenvalue weighted by molar-refractivity contribution is 5.45. The molecule has 0 radical (unpaired) electrons. The molecule has 1 aromatic heterocycles. The predicted octanol–water partition coefficient (Wildman–Crippen LogP) is -0.258. The van der Waals surface area contributed by atoms with Gasteiger partial charge >= 0.3 is 5.95 Å². The molecule has 2 fully saturated rings. The second kappa shape index (κ2) is 6.31. The maximum Gasteiger partial charge on any atom is 0.334 e. The van der Waals surface area contributed by atoms with E-state index >= 15 is 0 Å². The van der Waals surface area contributed by atoms with Gasteiger partial charge in [-0.15, -0.1) is 9.97 Å². The molecule has 0 saturated carbocycles.